The molecule has 0 fully saturated rings. The maximum atomic E-state index is 11.1. The van der Waals surface area contributed by atoms with Crippen LogP contribution in [-0.4, -0.2) is 22.7 Å². The molecule has 60 valence electrons. The lowest BCUT2D eigenvalue weighted by Gasteiger charge is -2.19. The average molecular weight is 162 g/mol. The molecular formula is C7H14O2S. The molecule has 0 amide bonds. The van der Waals surface area contributed by atoms with Gasteiger partial charge in [0.2, 0.25) is 0 Å². The molecule has 1 atom stereocenters. The zero-order valence-electron chi connectivity index (χ0n) is 6.59. The summed E-state index contributed by atoms with van der Waals surface area (Å²) in [5.41, 5.74) is -0.456. The van der Waals surface area contributed by atoms with Crippen molar-refractivity contribution in [1.29, 1.82) is 0 Å². The van der Waals surface area contributed by atoms with Gasteiger partial charge >= 0.3 is 0 Å². The van der Waals surface area contributed by atoms with Crippen LogP contribution in [0.5, 0.6) is 0 Å². The van der Waals surface area contributed by atoms with Gasteiger partial charge in [-0.2, -0.15) is 12.6 Å². The van der Waals surface area contributed by atoms with E-state index in [1.165, 1.54) is 0 Å². The molecule has 0 bridgehead atoms. The number of carbonyl (C=O) groups is 1. The monoisotopic (exact) mass is 162 g/mol. The number of carbonyl (C=O) groups excluding carboxylic acids is 1. The molecule has 0 aliphatic rings. The summed E-state index contributed by atoms with van der Waals surface area (Å²) in [6.45, 7) is 5.34. The highest BCUT2D eigenvalue weighted by Crippen LogP contribution is 2.16. The molecule has 0 spiro atoms. The van der Waals surface area contributed by atoms with Gasteiger partial charge in [0, 0.05) is 11.2 Å². The minimum Gasteiger partial charge on any atom is -0.384 e. The molecule has 0 saturated heterocycles. The smallest absolute Gasteiger partial charge is 0.167 e. The van der Waals surface area contributed by atoms with Crippen molar-refractivity contribution in [2.45, 2.75) is 26.9 Å². The maximum absolute atomic E-state index is 11.1. The zero-order chi connectivity index (χ0) is 8.36. The molecule has 0 heterocycles. The first kappa shape index (κ1) is 9.98. The first-order valence-corrected chi connectivity index (χ1v) is 3.86. The average Bonchev–Trinajstić information content (AvgIpc) is 1.83. The Morgan fingerprint density at radius 1 is 1.60 bits per heavy atom. The Balaban J connectivity index is 4.09. The SMILES string of the molecule is CC(C)(C)C(=O)C(O)CS. The van der Waals surface area contributed by atoms with E-state index in [2.05, 4.69) is 12.6 Å². The molecule has 1 unspecified atom stereocenters. The molecular weight excluding hydrogens is 148 g/mol. The second-order valence-corrected chi connectivity index (χ2v) is 3.68. The Morgan fingerprint density at radius 3 is 2.10 bits per heavy atom. The molecule has 1 N–H and O–H groups in total. The van der Waals surface area contributed by atoms with E-state index in [0.29, 0.717) is 0 Å². The summed E-state index contributed by atoms with van der Waals surface area (Å²) in [7, 11) is 0. The molecule has 2 nitrogen and oxygen atoms in total. The van der Waals surface area contributed by atoms with Crippen LogP contribution in [-0.2, 0) is 4.79 Å². The van der Waals surface area contributed by atoms with Crippen LogP contribution in [0.3, 0.4) is 0 Å². The van der Waals surface area contributed by atoms with Crippen molar-refractivity contribution in [2.24, 2.45) is 5.41 Å². The van der Waals surface area contributed by atoms with Gasteiger partial charge in [0.15, 0.2) is 5.78 Å². The standard InChI is InChI=1S/C7H14O2S/c1-7(2,3)6(9)5(8)4-10/h5,8,10H,4H2,1-3H3. The Kier molecular flexibility index (Phi) is 3.39. The van der Waals surface area contributed by atoms with E-state index in [9.17, 15) is 4.79 Å². The summed E-state index contributed by atoms with van der Waals surface area (Å²) in [6.07, 6.45) is -0.914. The van der Waals surface area contributed by atoms with Crippen molar-refractivity contribution in [2.75, 3.05) is 5.75 Å². The number of Topliss-reactive ketones (excluding diaryl/α,β-unsaturated/α-hetero) is 1. The van der Waals surface area contributed by atoms with Crippen LogP contribution in [0.2, 0.25) is 0 Å². The van der Waals surface area contributed by atoms with Gasteiger partial charge in [0.1, 0.15) is 6.10 Å². The number of ketones is 1. The normalized spacial score (nSPS) is 14.9. The molecule has 0 aromatic heterocycles. The van der Waals surface area contributed by atoms with Gasteiger partial charge in [-0.3, -0.25) is 4.79 Å². The first-order chi connectivity index (χ1) is 4.39. The van der Waals surface area contributed by atoms with Gasteiger partial charge in [-0.05, 0) is 0 Å². The van der Waals surface area contributed by atoms with Crippen molar-refractivity contribution in [3.05, 3.63) is 0 Å². The number of hydrogen-bond acceptors (Lipinski definition) is 3. The van der Waals surface area contributed by atoms with Gasteiger partial charge in [-0.15, -0.1) is 0 Å². The van der Waals surface area contributed by atoms with Crippen LogP contribution in [0.25, 0.3) is 0 Å². The summed E-state index contributed by atoms with van der Waals surface area (Å²) in [5, 5.41) is 9.04. The topological polar surface area (TPSA) is 37.3 Å². The van der Waals surface area contributed by atoms with Crippen molar-refractivity contribution in [3.63, 3.8) is 0 Å². The van der Waals surface area contributed by atoms with Crippen LogP contribution in [0.1, 0.15) is 20.8 Å². The molecule has 0 rings (SSSR count). The fourth-order valence-corrected chi connectivity index (χ4v) is 0.749. The summed E-state index contributed by atoms with van der Waals surface area (Å²) in [5.74, 6) is 0.0540. The van der Waals surface area contributed by atoms with Gasteiger partial charge in [0.05, 0.1) is 0 Å². The predicted octanol–water partition coefficient (Wildman–Crippen LogP) is 0.892. The molecule has 10 heavy (non-hydrogen) atoms. The van der Waals surface area contributed by atoms with E-state index in [0.717, 1.165) is 0 Å². The molecule has 3 heteroatoms. The number of rotatable bonds is 2. The van der Waals surface area contributed by atoms with Crippen LogP contribution < -0.4 is 0 Å². The third-order valence-corrected chi connectivity index (χ3v) is 1.56. The van der Waals surface area contributed by atoms with E-state index < -0.39 is 11.5 Å². The molecule has 0 radical (unpaired) electrons. The molecule has 0 aliphatic heterocycles. The van der Waals surface area contributed by atoms with Crippen LogP contribution in [0.4, 0.5) is 0 Å². The minimum atomic E-state index is -0.914. The van der Waals surface area contributed by atoms with Crippen LogP contribution >= 0.6 is 12.6 Å². The lowest BCUT2D eigenvalue weighted by molar-refractivity contribution is -0.133. The number of aliphatic hydroxyl groups is 1. The quantitative estimate of drug-likeness (QED) is 0.592. The van der Waals surface area contributed by atoms with Gasteiger partial charge in [-0.1, -0.05) is 20.8 Å². The largest absolute Gasteiger partial charge is 0.384 e. The number of aliphatic hydroxyl groups excluding tert-OH is 1. The Morgan fingerprint density at radius 2 is 2.00 bits per heavy atom. The van der Waals surface area contributed by atoms with Crippen molar-refractivity contribution < 1.29 is 9.90 Å². The second kappa shape index (κ2) is 3.39. The van der Waals surface area contributed by atoms with E-state index in [1.54, 1.807) is 20.8 Å². The summed E-state index contributed by atoms with van der Waals surface area (Å²) < 4.78 is 0. The number of thiol groups is 1. The van der Waals surface area contributed by atoms with E-state index >= 15 is 0 Å². The van der Waals surface area contributed by atoms with Crippen molar-refractivity contribution >= 4 is 18.4 Å². The van der Waals surface area contributed by atoms with E-state index in [-0.39, 0.29) is 11.5 Å². The summed E-state index contributed by atoms with van der Waals surface area (Å²) in [4.78, 5) is 11.1. The maximum Gasteiger partial charge on any atom is 0.167 e. The van der Waals surface area contributed by atoms with E-state index in [4.69, 9.17) is 5.11 Å². The van der Waals surface area contributed by atoms with Gasteiger partial charge in [-0.25, -0.2) is 0 Å². The van der Waals surface area contributed by atoms with Crippen molar-refractivity contribution in [1.82, 2.24) is 0 Å². The van der Waals surface area contributed by atoms with Gasteiger partial charge in [0.25, 0.3) is 0 Å². The van der Waals surface area contributed by atoms with Crippen LogP contribution in [0.15, 0.2) is 0 Å². The lowest BCUT2D eigenvalue weighted by Crippen LogP contribution is -2.33. The predicted molar refractivity (Wildman–Crippen MR) is 44.3 cm³/mol. The first-order valence-electron chi connectivity index (χ1n) is 3.23. The molecule has 0 aromatic carbocycles. The second-order valence-electron chi connectivity index (χ2n) is 3.31. The van der Waals surface area contributed by atoms with Crippen LogP contribution in [0, 0.1) is 5.41 Å². The summed E-state index contributed by atoms with van der Waals surface area (Å²) in [6, 6.07) is 0. The fourth-order valence-electron chi connectivity index (χ4n) is 0.583. The third kappa shape index (κ3) is 2.71. The summed E-state index contributed by atoms with van der Waals surface area (Å²) >= 11 is 3.82. The third-order valence-electron chi connectivity index (χ3n) is 1.21. The highest BCUT2D eigenvalue weighted by atomic mass is 32.1. The molecule has 0 aromatic rings. The lowest BCUT2D eigenvalue weighted by atomic mass is 9.88. The van der Waals surface area contributed by atoms with E-state index in [1.807, 2.05) is 0 Å². The number of hydrogen-bond donors (Lipinski definition) is 2. The van der Waals surface area contributed by atoms with Gasteiger partial charge < -0.3 is 5.11 Å². The zero-order valence-corrected chi connectivity index (χ0v) is 7.48. The fraction of sp³-hybridized carbons (Fsp3) is 0.857. The highest BCUT2D eigenvalue weighted by Gasteiger charge is 2.26. The molecule has 0 aliphatic carbocycles. The highest BCUT2D eigenvalue weighted by molar-refractivity contribution is 7.80. The Hall–Kier alpha value is -0.0200. The Labute approximate surface area is 67.0 Å². The Bertz CT molecular complexity index is 126. The molecule has 0 saturated carbocycles. The minimum absolute atomic E-state index is 0.150. The van der Waals surface area contributed by atoms with Crippen molar-refractivity contribution in [3.8, 4) is 0 Å².